The number of ether oxygens (including phenoxy) is 1. The Morgan fingerprint density at radius 1 is 1.29 bits per heavy atom. The number of hydrogen-bond acceptors (Lipinski definition) is 3. The minimum atomic E-state index is -0.0861. The van der Waals surface area contributed by atoms with Crippen LogP contribution in [-0.2, 0) is 16.1 Å². The Hall–Kier alpha value is -1.65. The zero-order chi connectivity index (χ0) is 17.3. The topological polar surface area (TPSA) is 46.5 Å². The van der Waals surface area contributed by atoms with Gasteiger partial charge < -0.3 is 14.6 Å². The standard InChI is InChI=1S/C20H21BrO3/c1-12(22)8-16-13(2)20(14-6-4-3-5-7-14)24-11-18-17(16)9-15(23)10-19(18)21/h3-7,9-10,13,16,20,23H,8,11H2,1-2H3. The highest BCUT2D eigenvalue weighted by atomic mass is 79.9. The first-order valence-corrected chi connectivity index (χ1v) is 8.94. The molecule has 2 aromatic carbocycles. The summed E-state index contributed by atoms with van der Waals surface area (Å²) in [7, 11) is 0. The molecular weight excluding hydrogens is 368 g/mol. The minimum absolute atomic E-state index is 0.00797. The summed E-state index contributed by atoms with van der Waals surface area (Å²) in [5, 5.41) is 10.0. The molecule has 3 atom stereocenters. The molecule has 126 valence electrons. The van der Waals surface area contributed by atoms with Gasteiger partial charge in [0, 0.05) is 10.9 Å². The van der Waals surface area contributed by atoms with E-state index >= 15 is 0 Å². The van der Waals surface area contributed by atoms with Crippen LogP contribution in [0.3, 0.4) is 0 Å². The summed E-state index contributed by atoms with van der Waals surface area (Å²) < 4.78 is 7.06. The van der Waals surface area contributed by atoms with Crippen LogP contribution in [0.2, 0.25) is 0 Å². The molecule has 4 heteroatoms. The number of aromatic hydroxyl groups is 1. The number of ketones is 1. The van der Waals surface area contributed by atoms with Gasteiger partial charge in [0.05, 0.1) is 12.7 Å². The van der Waals surface area contributed by atoms with Crippen molar-refractivity contribution in [2.45, 2.75) is 38.9 Å². The summed E-state index contributed by atoms with van der Waals surface area (Å²) in [5.41, 5.74) is 3.14. The van der Waals surface area contributed by atoms with E-state index in [0.29, 0.717) is 13.0 Å². The Morgan fingerprint density at radius 3 is 2.67 bits per heavy atom. The number of fused-ring (bicyclic) bond motifs is 1. The molecule has 1 heterocycles. The Bertz CT molecular complexity index is 742. The van der Waals surface area contributed by atoms with Crippen molar-refractivity contribution in [2.75, 3.05) is 0 Å². The van der Waals surface area contributed by atoms with Gasteiger partial charge in [-0.15, -0.1) is 0 Å². The molecule has 1 aliphatic heterocycles. The van der Waals surface area contributed by atoms with Gasteiger partial charge in [0.1, 0.15) is 11.5 Å². The summed E-state index contributed by atoms with van der Waals surface area (Å²) in [6.07, 6.45) is 0.355. The average Bonchev–Trinajstić information content (AvgIpc) is 2.66. The van der Waals surface area contributed by atoms with E-state index in [0.717, 1.165) is 21.2 Å². The van der Waals surface area contributed by atoms with E-state index in [4.69, 9.17) is 4.74 Å². The summed E-state index contributed by atoms with van der Waals surface area (Å²) in [6, 6.07) is 13.6. The quantitative estimate of drug-likeness (QED) is 0.792. The van der Waals surface area contributed by atoms with E-state index in [1.807, 2.05) is 18.2 Å². The average molecular weight is 389 g/mol. The normalized spacial score (nSPS) is 23.4. The highest BCUT2D eigenvalue weighted by Gasteiger charge is 2.35. The van der Waals surface area contributed by atoms with Crippen molar-refractivity contribution in [1.29, 1.82) is 0 Å². The monoisotopic (exact) mass is 388 g/mol. The Kier molecular flexibility index (Phi) is 5.07. The maximum Gasteiger partial charge on any atom is 0.130 e. The minimum Gasteiger partial charge on any atom is -0.508 e. The Labute approximate surface area is 150 Å². The van der Waals surface area contributed by atoms with Crippen LogP contribution in [0, 0.1) is 5.92 Å². The van der Waals surface area contributed by atoms with E-state index in [2.05, 4.69) is 35.0 Å². The SMILES string of the molecule is CC(=O)CC1c2cc(O)cc(Br)c2COC(c2ccccc2)C1C. The third-order valence-corrected chi connectivity index (χ3v) is 5.48. The van der Waals surface area contributed by atoms with E-state index in [9.17, 15) is 9.90 Å². The predicted molar refractivity (Wildman–Crippen MR) is 97.0 cm³/mol. The van der Waals surface area contributed by atoms with Gasteiger partial charge >= 0.3 is 0 Å². The van der Waals surface area contributed by atoms with Crippen molar-refractivity contribution in [1.82, 2.24) is 0 Å². The molecule has 0 aliphatic carbocycles. The first-order valence-electron chi connectivity index (χ1n) is 8.14. The van der Waals surface area contributed by atoms with Crippen molar-refractivity contribution in [3.8, 4) is 5.75 Å². The summed E-state index contributed by atoms with van der Waals surface area (Å²) >= 11 is 3.53. The van der Waals surface area contributed by atoms with Crippen LogP contribution in [0.25, 0.3) is 0 Å². The van der Waals surface area contributed by atoms with E-state index in [1.165, 1.54) is 0 Å². The molecule has 0 saturated heterocycles. The fourth-order valence-corrected chi connectivity index (χ4v) is 4.17. The number of hydrogen-bond donors (Lipinski definition) is 1. The van der Waals surface area contributed by atoms with Crippen molar-refractivity contribution >= 4 is 21.7 Å². The van der Waals surface area contributed by atoms with Crippen LogP contribution in [0.5, 0.6) is 5.75 Å². The van der Waals surface area contributed by atoms with Gasteiger partial charge in [0.2, 0.25) is 0 Å². The predicted octanol–water partition coefficient (Wildman–Crippen LogP) is 5.13. The summed E-state index contributed by atoms with van der Waals surface area (Å²) in [5.74, 6) is 0.477. The lowest BCUT2D eigenvalue weighted by Gasteiger charge is -2.28. The lowest BCUT2D eigenvalue weighted by atomic mass is 9.78. The largest absolute Gasteiger partial charge is 0.508 e. The van der Waals surface area contributed by atoms with Crippen molar-refractivity contribution in [3.05, 3.63) is 63.6 Å². The van der Waals surface area contributed by atoms with Crippen LogP contribution in [-0.4, -0.2) is 10.9 Å². The molecular formula is C20H21BrO3. The third-order valence-electron chi connectivity index (χ3n) is 4.77. The summed E-state index contributed by atoms with van der Waals surface area (Å²) in [6.45, 7) is 4.19. The number of carbonyl (C=O) groups is 1. The second-order valence-electron chi connectivity index (χ2n) is 6.51. The van der Waals surface area contributed by atoms with Crippen LogP contribution < -0.4 is 0 Å². The Morgan fingerprint density at radius 2 is 2.00 bits per heavy atom. The van der Waals surface area contributed by atoms with Gasteiger partial charge in [-0.3, -0.25) is 0 Å². The number of carbonyl (C=O) groups excluding carboxylic acids is 1. The van der Waals surface area contributed by atoms with Crippen molar-refractivity contribution < 1.29 is 14.6 Å². The van der Waals surface area contributed by atoms with Crippen LogP contribution in [0.1, 0.15) is 49.0 Å². The molecule has 1 aliphatic rings. The smallest absolute Gasteiger partial charge is 0.130 e. The Balaban J connectivity index is 2.08. The second kappa shape index (κ2) is 7.08. The molecule has 0 radical (unpaired) electrons. The molecule has 3 rings (SSSR count). The maximum atomic E-state index is 11.9. The molecule has 3 unspecified atom stereocenters. The van der Waals surface area contributed by atoms with Gasteiger partial charge in [-0.25, -0.2) is 0 Å². The number of halogens is 1. The van der Waals surface area contributed by atoms with Crippen molar-refractivity contribution in [2.24, 2.45) is 5.92 Å². The van der Waals surface area contributed by atoms with Gasteiger partial charge in [-0.1, -0.05) is 53.2 Å². The van der Waals surface area contributed by atoms with Crippen LogP contribution >= 0.6 is 15.9 Å². The lowest BCUT2D eigenvalue weighted by molar-refractivity contribution is -0.117. The number of benzene rings is 2. The van der Waals surface area contributed by atoms with Gasteiger partial charge in [-0.05, 0) is 47.6 Å². The zero-order valence-corrected chi connectivity index (χ0v) is 15.4. The highest BCUT2D eigenvalue weighted by molar-refractivity contribution is 9.10. The summed E-state index contributed by atoms with van der Waals surface area (Å²) in [4.78, 5) is 11.9. The molecule has 0 saturated carbocycles. The molecule has 0 bridgehead atoms. The molecule has 24 heavy (non-hydrogen) atoms. The van der Waals surface area contributed by atoms with Gasteiger partial charge in [0.25, 0.3) is 0 Å². The molecule has 1 N–H and O–H groups in total. The molecule has 3 nitrogen and oxygen atoms in total. The molecule has 0 aromatic heterocycles. The van der Waals surface area contributed by atoms with E-state index < -0.39 is 0 Å². The van der Waals surface area contributed by atoms with Crippen LogP contribution in [0.15, 0.2) is 46.9 Å². The second-order valence-corrected chi connectivity index (χ2v) is 7.36. The molecule has 0 spiro atoms. The molecule has 0 amide bonds. The number of phenolic OH excluding ortho intramolecular Hbond substituents is 1. The lowest BCUT2D eigenvalue weighted by Crippen LogP contribution is -2.20. The zero-order valence-electron chi connectivity index (χ0n) is 13.8. The number of Topliss-reactive ketones (excluding diaryl/α,β-unsaturated/α-hetero) is 1. The third kappa shape index (κ3) is 3.40. The maximum absolute atomic E-state index is 11.9. The first-order chi connectivity index (χ1) is 11.5. The van der Waals surface area contributed by atoms with Gasteiger partial charge in [0.15, 0.2) is 0 Å². The number of rotatable bonds is 3. The van der Waals surface area contributed by atoms with Gasteiger partial charge in [-0.2, -0.15) is 0 Å². The fraction of sp³-hybridized carbons (Fsp3) is 0.350. The fourth-order valence-electron chi connectivity index (χ4n) is 3.59. The van der Waals surface area contributed by atoms with Crippen LogP contribution in [0.4, 0.5) is 0 Å². The van der Waals surface area contributed by atoms with E-state index in [-0.39, 0.29) is 29.5 Å². The first kappa shape index (κ1) is 17.2. The molecule has 0 fully saturated rings. The molecule has 2 aromatic rings. The highest BCUT2D eigenvalue weighted by Crippen LogP contribution is 2.46. The van der Waals surface area contributed by atoms with E-state index in [1.54, 1.807) is 19.1 Å². The number of phenols is 1. The van der Waals surface area contributed by atoms with Crippen molar-refractivity contribution in [3.63, 3.8) is 0 Å².